The Morgan fingerprint density at radius 2 is 1.88 bits per heavy atom. The summed E-state index contributed by atoms with van der Waals surface area (Å²) in [4.78, 5) is 11.5. The third-order valence-corrected chi connectivity index (χ3v) is 3.17. The highest BCUT2D eigenvalue weighted by atomic mass is 16.5. The average molecular weight is 234 g/mol. The van der Waals surface area contributed by atoms with Crippen LogP contribution in [0.2, 0.25) is 0 Å². The van der Waals surface area contributed by atoms with Gasteiger partial charge in [-0.1, -0.05) is 39.0 Å². The maximum atomic E-state index is 11.5. The fourth-order valence-electron chi connectivity index (χ4n) is 1.76. The van der Waals surface area contributed by atoms with Crippen LogP contribution in [-0.2, 0) is 4.79 Å². The molecule has 2 heteroatoms. The standard InChI is InChI=1S/C15H22O2/c1-5-11(3)13-9-7-8-10-15(13)17-12(4)14(16)6-2/h7-12H,5-6H2,1-4H3. The van der Waals surface area contributed by atoms with Gasteiger partial charge in [0.15, 0.2) is 11.9 Å². The van der Waals surface area contributed by atoms with E-state index in [1.54, 1.807) is 0 Å². The van der Waals surface area contributed by atoms with Gasteiger partial charge in [0.05, 0.1) is 0 Å². The van der Waals surface area contributed by atoms with Gasteiger partial charge >= 0.3 is 0 Å². The molecule has 0 aromatic heterocycles. The normalized spacial score (nSPS) is 14.1. The van der Waals surface area contributed by atoms with Gasteiger partial charge in [-0.15, -0.1) is 0 Å². The minimum Gasteiger partial charge on any atom is -0.483 e. The maximum absolute atomic E-state index is 11.5. The van der Waals surface area contributed by atoms with E-state index in [4.69, 9.17) is 4.74 Å². The van der Waals surface area contributed by atoms with Crippen LogP contribution >= 0.6 is 0 Å². The Kier molecular flexibility index (Phi) is 5.20. The number of hydrogen-bond donors (Lipinski definition) is 0. The molecule has 0 bridgehead atoms. The molecule has 0 aliphatic rings. The van der Waals surface area contributed by atoms with E-state index < -0.39 is 0 Å². The first kappa shape index (κ1) is 13.8. The second-order valence-corrected chi connectivity index (χ2v) is 4.43. The zero-order valence-electron chi connectivity index (χ0n) is 11.2. The lowest BCUT2D eigenvalue weighted by Crippen LogP contribution is -2.23. The molecule has 1 aromatic rings. The predicted octanol–water partition coefficient (Wildman–Crippen LogP) is 3.95. The van der Waals surface area contributed by atoms with Crippen LogP contribution in [0.1, 0.15) is 52.0 Å². The van der Waals surface area contributed by atoms with Crippen LogP contribution in [0.3, 0.4) is 0 Å². The summed E-state index contributed by atoms with van der Waals surface area (Å²) >= 11 is 0. The molecule has 0 N–H and O–H groups in total. The van der Waals surface area contributed by atoms with Crippen molar-refractivity contribution in [2.45, 2.75) is 52.6 Å². The quantitative estimate of drug-likeness (QED) is 0.745. The Morgan fingerprint density at radius 3 is 2.47 bits per heavy atom. The van der Waals surface area contributed by atoms with Crippen LogP contribution in [0.25, 0.3) is 0 Å². The zero-order valence-corrected chi connectivity index (χ0v) is 11.2. The molecule has 2 nitrogen and oxygen atoms in total. The summed E-state index contributed by atoms with van der Waals surface area (Å²) < 4.78 is 5.77. The fourth-order valence-corrected chi connectivity index (χ4v) is 1.76. The van der Waals surface area contributed by atoms with Crippen LogP contribution in [0.4, 0.5) is 0 Å². The summed E-state index contributed by atoms with van der Waals surface area (Å²) in [7, 11) is 0. The molecule has 0 spiro atoms. The minimum absolute atomic E-state index is 0.143. The van der Waals surface area contributed by atoms with E-state index in [1.807, 2.05) is 32.0 Å². The number of ketones is 1. The van der Waals surface area contributed by atoms with Gasteiger partial charge in [0.1, 0.15) is 5.75 Å². The number of ether oxygens (including phenoxy) is 1. The molecule has 2 unspecified atom stereocenters. The molecule has 0 fully saturated rings. The van der Waals surface area contributed by atoms with Crippen molar-refractivity contribution in [3.05, 3.63) is 29.8 Å². The number of para-hydroxylation sites is 1. The molecule has 94 valence electrons. The van der Waals surface area contributed by atoms with E-state index in [9.17, 15) is 4.79 Å². The summed E-state index contributed by atoms with van der Waals surface area (Å²) in [6, 6.07) is 7.98. The SMILES string of the molecule is CCC(=O)C(C)Oc1ccccc1C(C)CC. The molecule has 2 atom stereocenters. The van der Waals surface area contributed by atoms with Gasteiger partial charge in [-0.25, -0.2) is 0 Å². The largest absolute Gasteiger partial charge is 0.483 e. The Balaban J connectivity index is 2.87. The predicted molar refractivity (Wildman–Crippen MR) is 70.5 cm³/mol. The first-order valence-electron chi connectivity index (χ1n) is 6.38. The van der Waals surface area contributed by atoms with Gasteiger partial charge in [0.2, 0.25) is 0 Å². The van der Waals surface area contributed by atoms with Crippen molar-refractivity contribution in [3.63, 3.8) is 0 Å². The van der Waals surface area contributed by atoms with Crippen molar-refractivity contribution < 1.29 is 9.53 Å². The molecule has 0 saturated heterocycles. The highest BCUT2D eigenvalue weighted by Crippen LogP contribution is 2.29. The van der Waals surface area contributed by atoms with Crippen molar-refractivity contribution in [1.82, 2.24) is 0 Å². The van der Waals surface area contributed by atoms with Crippen molar-refractivity contribution in [3.8, 4) is 5.75 Å². The van der Waals surface area contributed by atoms with Gasteiger partial charge in [-0.2, -0.15) is 0 Å². The van der Waals surface area contributed by atoms with Crippen LogP contribution in [0.5, 0.6) is 5.75 Å². The Hall–Kier alpha value is -1.31. The van der Waals surface area contributed by atoms with Gasteiger partial charge < -0.3 is 4.74 Å². The number of hydrogen-bond acceptors (Lipinski definition) is 2. The monoisotopic (exact) mass is 234 g/mol. The average Bonchev–Trinajstić information content (AvgIpc) is 2.37. The maximum Gasteiger partial charge on any atom is 0.172 e. The lowest BCUT2D eigenvalue weighted by atomic mass is 9.98. The Bertz CT molecular complexity index is 371. The topological polar surface area (TPSA) is 26.3 Å². The number of Topliss-reactive ketones (excluding diaryl/α,β-unsaturated/α-hetero) is 1. The summed E-state index contributed by atoms with van der Waals surface area (Å²) in [6.07, 6.45) is 1.23. The van der Waals surface area contributed by atoms with Crippen molar-refractivity contribution in [2.24, 2.45) is 0 Å². The van der Waals surface area contributed by atoms with Crippen molar-refractivity contribution in [2.75, 3.05) is 0 Å². The van der Waals surface area contributed by atoms with Crippen LogP contribution in [0, 0.1) is 0 Å². The number of rotatable bonds is 6. The third kappa shape index (κ3) is 3.58. The number of carbonyl (C=O) groups is 1. The lowest BCUT2D eigenvalue weighted by molar-refractivity contribution is -0.124. The van der Waals surface area contributed by atoms with E-state index in [2.05, 4.69) is 19.9 Å². The molecule has 0 aliphatic heterocycles. The van der Waals surface area contributed by atoms with Gasteiger partial charge in [-0.05, 0) is 30.9 Å². The Morgan fingerprint density at radius 1 is 1.24 bits per heavy atom. The second kappa shape index (κ2) is 6.43. The van der Waals surface area contributed by atoms with E-state index in [0.29, 0.717) is 12.3 Å². The van der Waals surface area contributed by atoms with E-state index in [0.717, 1.165) is 12.2 Å². The van der Waals surface area contributed by atoms with Crippen LogP contribution in [-0.4, -0.2) is 11.9 Å². The minimum atomic E-state index is -0.356. The highest BCUT2D eigenvalue weighted by molar-refractivity contribution is 5.82. The summed E-state index contributed by atoms with van der Waals surface area (Å²) in [5.74, 6) is 1.44. The van der Waals surface area contributed by atoms with Crippen LogP contribution in [0.15, 0.2) is 24.3 Å². The number of benzene rings is 1. The van der Waals surface area contributed by atoms with E-state index in [-0.39, 0.29) is 11.9 Å². The van der Waals surface area contributed by atoms with Gasteiger partial charge in [0, 0.05) is 6.42 Å². The molecule has 0 aliphatic carbocycles. The van der Waals surface area contributed by atoms with Crippen molar-refractivity contribution in [1.29, 1.82) is 0 Å². The highest BCUT2D eigenvalue weighted by Gasteiger charge is 2.16. The second-order valence-electron chi connectivity index (χ2n) is 4.43. The molecule has 0 heterocycles. The van der Waals surface area contributed by atoms with Crippen molar-refractivity contribution >= 4 is 5.78 Å². The van der Waals surface area contributed by atoms with Gasteiger partial charge in [-0.3, -0.25) is 4.79 Å². The third-order valence-electron chi connectivity index (χ3n) is 3.17. The molecule has 17 heavy (non-hydrogen) atoms. The molecular weight excluding hydrogens is 212 g/mol. The first-order valence-corrected chi connectivity index (χ1v) is 6.38. The smallest absolute Gasteiger partial charge is 0.172 e. The fraction of sp³-hybridized carbons (Fsp3) is 0.533. The molecule has 0 radical (unpaired) electrons. The summed E-state index contributed by atoms with van der Waals surface area (Å²) in [5, 5.41) is 0. The molecule has 0 saturated carbocycles. The molecular formula is C15H22O2. The van der Waals surface area contributed by atoms with E-state index >= 15 is 0 Å². The first-order chi connectivity index (χ1) is 8.10. The molecule has 1 rings (SSSR count). The van der Waals surface area contributed by atoms with Gasteiger partial charge in [0.25, 0.3) is 0 Å². The molecule has 0 amide bonds. The number of carbonyl (C=O) groups excluding carboxylic acids is 1. The summed E-state index contributed by atoms with van der Waals surface area (Å²) in [6.45, 7) is 8.01. The zero-order chi connectivity index (χ0) is 12.8. The van der Waals surface area contributed by atoms with E-state index in [1.165, 1.54) is 5.56 Å². The summed E-state index contributed by atoms with van der Waals surface area (Å²) in [5.41, 5.74) is 1.19. The molecule has 1 aromatic carbocycles. The lowest BCUT2D eigenvalue weighted by Gasteiger charge is -2.18. The Labute approximate surface area is 104 Å². The van der Waals surface area contributed by atoms with Crippen LogP contribution < -0.4 is 4.74 Å².